The maximum Gasteiger partial charge on any atom is 0.311 e. The minimum absolute atomic E-state index is 0.0515. The van der Waals surface area contributed by atoms with E-state index < -0.39 is 18.0 Å². The van der Waals surface area contributed by atoms with E-state index in [0.717, 1.165) is 36.1 Å². The maximum absolute atomic E-state index is 11.3. The zero-order valence-electron chi connectivity index (χ0n) is 20.2. The molecule has 2 aliphatic carbocycles. The first kappa shape index (κ1) is 23.3. The average Bonchev–Trinajstić information content (AvgIpc) is 3.16. The third-order valence-electron chi connectivity index (χ3n) is 7.66. The van der Waals surface area contributed by atoms with Gasteiger partial charge in [-0.3, -0.25) is 4.79 Å². The molecule has 0 saturated heterocycles. The van der Waals surface area contributed by atoms with Crippen molar-refractivity contribution >= 4 is 5.97 Å². The van der Waals surface area contributed by atoms with Crippen molar-refractivity contribution in [3.63, 3.8) is 0 Å². The third kappa shape index (κ3) is 4.59. The van der Waals surface area contributed by atoms with Crippen molar-refractivity contribution in [2.24, 2.45) is 11.8 Å². The van der Waals surface area contributed by atoms with Crippen LogP contribution in [0, 0.1) is 11.8 Å². The van der Waals surface area contributed by atoms with Crippen molar-refractivity contribution in [2.45, 2.75) is 69.8 Å². The highest BCUT2D eigenvalue weighted by atomic mass is 16.5. The molecule has 1 fully saturated rings. The monoisotopic (exact) mass is 465 g/mol. The van der Waals surface area contributed by atoms with Gasteiger partial charge in [0.15, 0.2) is 0 Å². The van der Waals surface area contributed by atoms with Crippen molar-refractivity contribution in [1.82, 2.24) is 5.32 Å². The number of carboxylic acids is 1. The fraction of sp³-hybridized carbons (Fsp3) is 0.536. The summed E-state index contributed by atoms with van der Waals surface area (Å²) < 4.78 is 12.0. The van der Waals surface area contributed by atoms with E-state index in [1.54, 1.807) is 0 Å². The van der Waals surface area contributed by atoms with Crippen molar-refractivity contribution in [1.29, 1.82) is 0 Å². The van der Waals surface area contributed by atoms with Crippen molar-refractivity contribution in [3.05, 3.63) is 64.7 Å². The van der Waals surface area contributed by atoms with Crippen LogP contribution < -0.4 is 10.1 Å². The van der Waals surface area contributed by atoms with Crippen LogP contribution in [0.2, 0.25) is 0 Å². The third-order valence-corrected chi connectivity index (χ3v) is 7.66. The van der Waals surface area contributed by atoms with E-state index in [9.17, 15) is 15.0 Å². The number of carboxylic acid groups (broad SMARTS) is 1. The molecule has 1 saturated carbocycles. The van der Waals surface area contributed by atoms with Gasteiger partial charge >= 0.3 is 5.97 Å². The second-order valence-corrected chi connectivity index (χ2v) is 10.9. The molecule has 5 atom stereocenters. The van der Waals surface area contributed by atoms with E-state index in [-0.39, 0.29) is 30.3 Å². The number of fused-ring (bicyclic) bond motifs is 4. The second kappa shape index (κ2) is 8.99. The Morgan fingerprint density at radius 3 is 2.56 bits per heavy atom. The number of hydrogen-bond acceptors (Lipinski definition) is 5. The minimum atomic E-state index is -0.800. The standard InChI is InChI=1S/C28H35NO5/c1-16(21-9-6-10-22-23-24(27(31)32)26(23)34-25(21)22)33-15-20(30)14-29-28(2,3)13-17-11-18-7-4-5-8-19(18)12-17/h4-10,16-17,20,23-24,26,29-30H,11-15H2,1-3H3,(H,31,32)/t16-,20?,23+,24+,26+/m1/s1. The molecule has 3 N–H and O–H groups in total. The minimum Gasteiger partial charge on any atom is -0.488 e. The lowest BCUT2D eigenvalue weighted by Gasteiger charge is -2.31. The number of rotatable bonds is 10. The molecule has 1 unspecified atom stereocenters. The van der Waals surface area contributed by atoms with Crippen LogP contribution in [0.25, 0.3) is 0 Å². The van der Waals surface area contributed by atoms with E-state index in [1.807, 2.05) is 25.1 Å². The highest BCUT2D eigenvalue weighted by molar-refractivity contribution is 5.79. The summed E-state index contributed by atoms with van der Waals surface area (Å²) in [6.45, 7) is 7.03. The van der Waals surface area contributed by atoms with Gasteiger partial charge in [0.25, 0.3) is 0 Å². The van der Waals surface area contributed by atoms with Gasteiger partial charge in [0.2, 0.25) is 0 Å². The Morgan fingerprint density at radius 1 is 1.18 bits per heavy atom. The van der Waals surface area contributed by atoms with Gasteiger partial charge in [-0.05, 0) is 57.1 Å². The van der Waals surface area contributed by atoms with Crippen molar-refractivity contribution < 1.29 is 24.5 Å². The molecule has 0 bridgehead atoms. The van der Waals surface area contributed by atoms with Crippen LogP contribution in [-0.4, -0.2) is 47.1 Å². The summed E-state index contributed by atoms with van der Waals surface area (Å²) in [5, 5.41) is 23.4. The Hall–Kier alpha value is -2.41. The highest BCUT2D eigenvalue weighted by Gasteiger charge is 2.63. The molecule has 1 aliphatic heterocycles. The molecule has 1 heterocycles. The summed E-state index contributed by atoms with van der Waals surface area (Å²) in [5.41, 5.74) is 4.74. The zero-order valence-corrected chi connectivity index (χ0v) is 20.2. The molecule has 2 aromatic rings. The Bertz CT molecular complexity index is 1040. The van der Waals surface area contributed by atoms with Gasteiger partial charge in [-0.15, -0.1) is 0 Å². The molecule has 0 amide bonds. The van der Waals surface area contributed by atoms with Gasteiger partial charge in [0, 0.05) is 29.1 Å². The second-order valence-electron chi connectivity index (χ2n) is 10.9. The molecule has 6 nitrogen and oxygen atoms in total. The number of β-amino-alcohol motifs (C(OH)–C–C–N with tert-alkyl or cyclic N) is 1. The maximum atomic E-state index is 11.3. The van der Waals surface area contributed by atoms with Gasteiger partial charge < -0.3 is 25.0 Å². The number of nitrogens with one attached hydrogen (secondary N) is 1. The largest absolute Gasteiger partial charge is 0.488 e. The highest BCUT2D eigenvalue weighted by Crippen LogP contribution is 2.59. The molecular formula is C28H35NO5. The number of hydrogen-bond donors (Lipinski definition) is 3. The van der Waals surface area contributed by atoms with Crippen LogP contribution in [0.4, 0.5) is 0 Å². The lowest BCUT2D eigenvalue weighted by Crippen LogP contribution is -2.45. The summed E-state index contributed by atoms with van der Waals surface area (Å²) in [4.78, 5) is 11.3. The van der Waals surface area contributed by atoms with Crippen LogP contribution in [-0.2, 0) is 22.4 Å². The Morgan fingerprint density at radius 2 is 1.88 bits per heavy atom. The Labute approximate surface area is 201 Å². The summed E-state index contributed by atoms with van der Waals surface area (Å²) >= 11 is 0. The lowest BCUT2D eigenvalue weighted by atomic mass is 9.88. The van der Waals surface area contributed by atoms with Gasteiger partial charge in [0.1, 0.15) is 17.8 Å². The molecular weight excluding hydrogens is 430 g/mol. The first-order valence-electron chi connectivity index (χ1n) is 12.4. The number of ether oxygens (including phenoxy) is 2. The molecule has 0 radical (unpaired) electrons. The fourth-order valence-corrected chi connectivity index (χ4v) is 5.91. The van der Waals surface area contributed by atoms with Crippen molar-refractivity contribution in [2.75, 3.05) is 13.2 Å². The molecule has 34 heavy (non-hydrogen) atoms. The first-order valence-corrected chi connectivity index (χ1v) is 12.4. The fourth-order valence-electron chi connectivity index (χ4n) is 5.91. The summed E-state index contributed by atoms with van der Waals surface area (Å²) in [6, 6.07) is 14.5. The van der Waals surface area contributed by atoms with E-state index in [2.05, 4.69) is 43.4 Å². The molecule has 3 aliphatic rings. The predicted molar refractivity (Wildman–Crippen MR) is 129 cm³/mol. The molecule has 6 heteroatoms. The number of carbonyl (C=O) groups is 1. The average molecular weight is 466 g/mol. The Kier molecular flexibility index (Phi) is 6.17. The predicted octanol–water partition coefficient (Wildman–Crippen LogP) is 3.86. The van der Waals surface area contributed by atoms with Gasteiger partial charge in [-0.25, -0.2) is 0 Å². The number of benzene rings is 2. The van der Waals surface area contributed by atoms with E-state index in [0.29, 0.717) is 12.5 Å². The van der Waals surface area contributed by atoms with E-state index >= 15 is 0 Å². The molecule has 0 aromatic heterocycles. The van der Waals surface area contributed by atoms with Gasteiger partial charge in [-0.2, -0.15) is 0 Å². The van der Waals surface area contributed by atoms with Crippen LogP contribution >= 0.6 is 0 Å². The van der Waals surface area contributed by atoms with Crippen molar-refractivity contribution in [3.8, 4) is 5.75 Å². The topological polar surface area (TPSA) is 88.0 Å². The molecule has 0 spiro atoms. The van der Waals surface area contributed by atoms with Crippen LogP contribution in [0.1, 0.15) is 61.5 Å². The number of aliphatic carboxylic acids is 1. The lowest BCUT2D eigenvalue weighted by molar-refractivity contribution is -0.139. The number of para-hydroxylation sites is 1. The van der Waals surface area contributed by atoms with Gasteiger partial charge in [-0.1, -0.05) is 42.5 Å². The number of aliphatic hydroxyl groups is 1. The van der Waals surface area contributed by atoms with Crippen LogP contribution in [0.5, 0.6) is 5.75 Å². The van der Waals surface area contributed by atoms with E-state index in [1.165, 1.54) is 11.1 Å². The zero-order chi connectivity index (χ0) is 24.0. The molecule has 182 valence electrons. The van der Waals surface area contributed by atoms with E-state index in [4.69, 9.17) is 9.47 Å². The molecule has 5 rings (SSSR count). The SMILES string of the molecule is C[C@@H](OCC(O)CNC(C)(C)CC1Cc2ccccc2C1)c1cccc2c1O[C@@H]1[C@@H](C(=O)O)[C@H]21. The van der Waals surface area contributed by atoms with Crippen LogP contribution in [0.3, 0.4) is 0 Å². The smallest absolute Gasteiger partial charge is 0.311 e. The normalized spacial score (nSPS) is 24.6. The summed E-state index contributed by atoms with van der Waals surface area (Å²) in [6.07, 6.45) is 2.18. The summed E-state index contributed by atoms with van der Waals surface area (Å²) in [5.74, 6) is 0.0959. The molecule has 2 aromatic carbocycles. The number of aliphatic hydroxyl groups excluding tert-OH is 1. The first-order chi connectivity index (χ1) is 16.2. The van der Waals surface area contributed by atoms with Crippen LogP contribution in [0.15, 0.2) is 42.5 Å². The Balaban J connectivity index is 1.09. The summed E-state index contributed by atoms with van der Waals surface area (Å²) in [7, 11) is 0. The quantitative estimate of drug-likeness (QED) is 0.494. The van der Waals surface area contributed by atoms with Gasteiger partial charge in [0.05, 0.1) is 18.8 Å².